The smallest absolute Gasteiger partial charge is 0.407 e. The molecule has 0 saturated heterocycles. The van der Waals surface area contributed by atoms with Gasteiger partial charge in [-0.3, -0.25) is 9.59 Å². The monoisotopic (exact) mass is 438 g/mol. The van der Waals surface area contributed by atoms with Gasteiger partial charge in [0.05, 0.1) is 0 Å². The molecule has 32 heavy (non-hydrogen) atoms. The highest BCUT2D eigenvalue weighted by Crippen LogP contribution is 2.44. The molecule has 0 spiro atoms. The summed E-state index contributed by atoms with van der Waals surface area (Å²) in [5.41, 5.74) is 4.53. The normalized spacial score (nSPS) is 14.2. The Bertz CT molecular complexity index is 942. The minimum Gasteiger partial charge on any atom is -0.481 e. The van der Waals surface area contributed by atoms with E-state index in [0.717, 1.165) is 22.3 Å². The van der Waals surface area contributed by atoms with Gasteiger partial charge in [0.15, 0.2) is 0 Å². The molecule has 7 nitrogen and oxygen atoms in total. The summed E-state index contributed by atoms with van der Waals surface area (Å²) in [5.74, 6) is -1.70. The van der Waals surface area contributed by atoms with Crippen molar-refractivity contribution in [2.24, 2.45) is 11.8 Å². The predicted molar refractivity (Wildman–Crippen MR) is 121 cm³/mol. The number of rotatable bonds is 9. The topological polar surface area (TPSA) is 105 Å². The lowest BCUT2D eigenvalue weighted by atomic mass is 9.98. The average Bonchev–Trinajstić information content (AvgIpc) is 3.07. The van der Waals surface area contributed by atoms with Gasteiger partial charge >= 0.3 is 12.1 Å². The number of carboxylic acids is 1. The molecule has 2 aromatic rings. The Morgan fingerprint density at radius 2 is 1.53 bits per heavy atom. The number of hydrogen-bond donors (Lipinski definition) is 3. The fraction of sp³-hybridized carbons (Fsp3) is 0.400. The first-order valence-electron chi connectivity index (χ1n) is 10.9. The van der Waals surface area contributed by atoms with E-state index in [1.807, 2.05) is 50.2 Å². The van der Waals surface area contributed by atoms with Gasteiger partial charge in [-0.05, 0) is 34.1 Å². The summed E-state index contributed by atoms with van der Waals surface area (Å²) >= 11 is 0. The van der Waals surface area contributed by atoms with Crippen LogP contribution in [0.2, 0.25) is 0 Å². The second-order valence-electron chi connectivity index (χ2n) is 8.64. The van der Waals surface area contributed by atoms with Crippen LogP contribution in [0.5, 0.6) is 0 Å². The Morgan fingerprint density at radius 3 is 2.06 bits per heavy atom. The Morgan fingerprint density at radius 1 is 0.969 bits per heavy atom. The van der Waals surface area contributed by atoms with Gasteiger partial charge in [0.1, 0.15) is 12.6 Å². The van der Waals surface area contributed by atoms with E-state index in [0.29, 0.717) is 0 Å². The van der Waals surface area contributed by atoms with Crippen LogP contribution in [0, 0.1) is 11.8 Å². The van der Waals surface area contributed by atoms with Crippen molar-refractivity contribution in [1.82, 2.24) is 10.6 Å². The zero-order chi connectivity index (χ0) is 23.3. The van der Waals surface area contributed by atoms with Gasteiger partial charge in [-0.1, -0.05) is 69.3 Å². The van der Waals surface area contributed by atoms with Crippen LogP contribution in [0.15, 0.2) is 48.5 Å². The number of hydrogen-bond acceptors (Lipinski definition) is 4. The minimum atomic E-state index is -0.913. The summed E-state index contributed by atoms with van der Waals surface area (Å²) in [7, 11) is 0. The van der Waals surface area contributed by atoms with Crippen molar-refractivity contribution in [3.05, 3.63) is 59.7 Å². The van der Waals surface area contributed by atoms with E-state index in [9.17, 15) is 14.4 Å². The number of alkyl carbamates (subject to hydrolysis) is 1. The van der Waals surface area contributed by atoms with Crippen LogP contribution in [-0.4, -0.2) is 42.3 Å². The first kappa shape index (κ1) is 23.3. The number of fused-ring (bicyclic) bond motifs is 3. The number of benzene rings is 2. The minimum absolute atomic E-state index is 0.0353. The van der Waals surface area contributed by atoms with E-state index < -0.39 is 18.1 Å². The lowest BCUT2D eigenvalue weighted by Gasteiger charge is -2.23. The zero-order valence-electron chi connectivity index (χ0n) is 18.6. The van der Waals surface area contributed by atoms with Gasteiger partial charge in [-0.15, -0.1) is 0 Å². The van der Waals surface area contributed by atoms with Crippen LogP contribution in [0.25, 0.3) is 11.1 Å². The average molecular weight is 439 g/mol. The predicted octanol–water partition coefficient (Wildman–Crippen LogP) is 3.78. The fourth-order valence-corrected chi connectivity index (χ4v) is 4.06. The number of ether oxygens (including phenoxy) is 1. The number of carboxylic acid groups (broad SMARTS) is 1. The highest BCUT2D eigenvalue weighted by Gasteiger charge is 2.30. The van der Waals surface area contributed by atoms with Crippen molar-refractivity contribution < 1.29 is 24.2 Å². The van der Waals surface area contributed by atoms with Crippen LogP contribution in [0.1, 0.15) is 44.2 Å². The van der Waals surface area contributed by atoms with Crippen molar-refractivity contribution in [2.45, 2.75) is 39.2 Å². The summed E-state index contributed by atoms with van der Waals surface area (Å²) in [5, 5.41) is 14.2. The van der Waals surface area contributed by atoms with Crippen LogP contribution in [-0.2, 0) is 14.3 Å². The summed E-state index contributed by atoms with van der Waals surface area (Å²) in [6, 6.07) is 15.4. The van der Waals surface area contributed by atoms with Crippen LogP contribution < -0.4 is 10.6 Å². The molecule has 0 radical (unpaired) electrons. The third kappa shape index (κ3) is 5.46. The van der Waals surface area contributed by atoms with Gasteiger partial charge in [0, 0.05) is 18.9 Å². The van der Waals surface area contributed by atoms with Crippen molar-refractivity contribution >= 4 is 18.0 Å². The number of nitrogens with one attached hydrogen (secondary N) is 2. The van der Waals surface area contributed by atoms with Crippen LogP contribution in [0.4, 0.5) is 4.79 Å². The molecule has 2 amide bonds. The molecule has 7 heteroatoms. The van der Waals surface area contributed by atoms with E-state index >= 15 is 0 Å². The van der Waals surface area contributed by atoms with Crippen LogP contribution >= 0.6 is 0 Å². The van der Waals surface area contributed by atoms with Gasteiger partial charge in [0.2, 0.25) is 5.91 Å². The third-order valence-corrected chi connectivity index (χ3v) is 5.71. The zero-order valence-corrected chi connectivity index (χ0v) is 18.6. The lowest BCUT2D eigenvalue weighted by molar-refractivity contribution is -0.138. The first-order valence-corrected chi connectivity index (χ1v) is 10.9. The Kier molecular flexibility index (Phi) is 7.51. The second kappa shape index (κ2) is 10.3. The standard InChI is InChI=1S/C25H30N2O5/c1-15(2)23(24(30)26-13-16(3)12-22(28)29)27-25(31)32-14-21-19-10-6-4-8-17(19)18-9-5-7-11-20(18)21/h4-11,15-16,21,23H,12-14H2,1-3H3,(H,26,30)(H,27,31)(H,28,29). The molecule has 170 valence electrons. The highest BCUT2D eigenvalue weighted by atomic mass is 16.5. The molecule has 2 unspecified atom stereocenters. The van der Waals surface area contributed by atoms with Gasteiger partial charge in [-0.2, -0.15) is 0 Å². The maximum Gasteiger partial charge on any atom is 0.407 e. The van der Waals surface area contributed by atoms with E-state index in [1.165, 1.54) is 0 Å². The molecule has 2 aromatic carbocycles. The number of carbonyl (C=O) groups excluding carboxylic acids is 2. The largest absolute Gasteiger partial charge is 0.481 e. The molecule has 2 atom stereocenters. The maximum absolute atomic E-state index is 12.6. The molecular weight excluding hydrogens is 408 g/mol. The van der Waals surface area contributed by atoms with Crippen LogP contribution in [0.3, 0.4) is 0 Å². The van der Waals surface area contributed by atoms with E-state index in [4.69, 9.17) is 9.84 Å². The van der Waals surface area contributed by atoms with Crippen molar-refractivity contribution in [2.75, 3.05) is 13.2 Å². The van der Waals surface area contributed by atoms with E-state index in [-0.39, 0.29) is 43.2 Å². The SMILES string of the molecule is CC(CNC(=O)C(NC(=O)OCC1c2ccccc2-c2ccccc21)C(C)C)CC(=O)O. The molecule has 0 aromatic heterocycles. The molecule has 3 rings (SSSR count). The quantitative estimate of drug-likeness (QED) is 0.553. The molecule has 1 aliphatic carbocycles. The van der Waals surface area contributed by atoms with Gasteiger partial charge in [0.25, 0.3) is 0 Å². The maximum atomic E-state index is 12.6. The molecule has 0 aliphatic heterocycles. The van der Waals surface area contributed by atoms with Crippen molar-refractivity contribution in [3.63, 3.8) is 0 Å². The Labute approximate surface area is 188 Å². The number of amides is 2. The molecule has 3 N–H and O–H groups in total. The lowest BCUT2D eigenvalue weighted by Crippen LogP contribution is -2.50. The van der Waals surface area contributed by atoms with E-state index in [2.05, 4.69) is 22.8 Å². The van der Waals surface area contributed by atoms with Crippen molar-refractivity contribution in [3.8, 4) is 11.1 Å². The number of aliphatic carboxylic acids is 1. The van der Waals surface area contributed by atoms with E-state index in [1.54, 1.807) is 6.92 Å². The molecule has 0 heterocycles. The Balaban J connectivity index is 1.59. The Hall–Kier alpha value is -3.35. The summed E-state index contributed by atoms with van der Waals surface area (Å²) in [6.07, 6.45) is -0.689. The van der Waals surface area contributed by atoms with Gasteiger partial charge in [-0.25, -0.2) is 4.79 Å². The molecule has 0 fully saturated rings. The molecule has 1 aliphatic rings. The van der Waals surface area contributed by atoms with Gasteiger partial charge < -0.3 is 20.5 Å². The summed E-state index contributed by atoms with van der Waals surface area (Å²) < 4.78 is 5.54. The molecular formula is C25H30N2O5. The summed E-state index contributed by atoms with van der Waals surface area (Å²) in [6.45, 7) is 5.80. The van der Waals surface area contributed by atoms with Crippen molar-refractivity contribution in [1.29, 1.82) is 0 Å². The second-order valence-corrected chi connectivity index (χ2v) is 8.64. The highest BCUT2D eigenvalue weighted by molar-refractivity contribution is 5.86. The first-order chi connectivity index (χ1) is 15.3. The number of carbonyl (C=O) groups is 3. The molecule has 0 saturated carbocycles. The third-order valence-electron chi connectivity index (χ3n) is 5.71. The fourth-order valence-electron chi connectivity index (χ4n) is 4.06. The summed E-state index contributed by atoms with van der Waals surface area (Å²) in [4.78, 5) is 35.9. The molecule has 0 bridgehead atoms.